The number of benzene rings is 2. The standard InChI is InChI=1S/C22H27N3O6S/c1-3-31-22(26)13-20-16-23(14-17(2)24(20)15-18-7-5-4-6-8-18)32(29,30)21-11-9-19(10-12-21)25(27)28/h4-12,17,20H,3,13-16H2,1-2H3/t17-,20-/m1/s1. The lowest BCUT2D eigenvalue weighted by Gasteiger charge is -2.44. The molecule has 0 bridgehead atoms. The fourth-order valence-corrected chi connectivity index (χ4v) is 5.49. The molecule has 2 aromatic carbocycles. The molecule has 0 aromatic heterocycles. The van der Waals surface area contributed by atoms with Crippen molar-refractivity contribution in [2.45, 2.75) is 43.8 Å². The lowest BCUT2D eigenvalue weighted by atomic mass is 10.0. The number of nitro groups is 1. The summed E-state index contributed by atoms with van der Waals surface area (Å²) < 4.78 is 33.0. The van der Waals surface area contributed by atoms with Crippen molar-refractivity contribution in [3.8, 4) is 0 Å². The number of nitro benzene ring substituents is 1. The van der Waals surface area contributed by atoms with E-state index in [9.17, 15) is 23.3 Å². The third-order valence-electron chi connectivity index (χ3n) is 5.52. The van der Waals surface area contributed by atoms with Crippen LogP contribution in [0.3, 0.4) is 0 Å². The quantitative estimate of drug-likeness (QED) is 0.338. The molecular weight excluding hydrogens is 434 g/mol. The first-order valence-corrected chi connectivity index (χ1v) is 11.9. The number of sulfonamides is 1. The predicted octanol–water partition coefficient (Wildman–Crippen LogP) is 2.81. The van der Waals surface area contributed by atoms with E-state index in [1.54, 1.807) is 6.92 Å². The molecule has 2 atom stereocenters. The van der Waals surface area contributed by atoms with Gasteiger partial charge in [-0.3, -0.25) is 19.8 Å². The summed E-state index contributed by atoms with van der Waals surface area (Å²) in [4.78, 5) is 24.7. The van der Waals surface area contributed by atoms with E-state index in [4.69, 9.17) is 4.74 Å². The number of piperazine rings is 1. The minimum Gasteiger partial charge on any atom is -0.466 e. The maximum absolute atomic E-state index is 13.3. The Balaban J connectivity index is 1.85. The monoisotopic (exact) mass is 461 g/mol. The lowest BCUT2D eigenvalue weighted by Crippen LogP contribution is -2.59. The van der Waals surface area contributed by atoms with Crippen molar-refractivity contribution >= 4 is 21.7 Å². The molecule has 1 saturated heterocycles. The van der Waals surface area contributed by atoms with Crippen LogP contribution in [0.25, 0.3) is 0 Å². The molecule has 1 aliphatic heterocycles. The summed E-state index contributed by atoms with van der Waals surface area (Å²) in [6.07, 6.45) is 0.0668. The topological polar surface area (TPSA) is 110 Å². The van der Waals surface area contributed by atoms with E-state index in [2.05, 4.69) is 4.90 Å². The summed E-state index contributed by atoms with van der Waals surface area (Å²) in [6, 6.07) is 14.1. The van der Waals surface area contributed by atoms with Crippen LogP contribution in [-0.4, -0.2) is 60.3 Å². The zero-order valence-electron chi connectivity index (χ0n) is 18.1. The van der Waals surface area contributed by atoms with Gasteiger partial charge in [0, 0.05) is 43.9 Å². The molecule has 0 saturated carbocycles. The van der Waals surface area contributed by atoms with Crippen LogP contribution in [0.15, 0.2) is 59.5 Å². The first kappa shape index (κ1) is 23.8. The number of hydrogen-bond acceptors (Lipinski definition) is 7. The molecule has 10 heteroatoms. The number of carbonyl (C=O) groups is 1. The summed E-state index contributed by atoms with van der Waals surface area (Å²) in [5.41, 5.74) is 0.894. The number of non-ortho nitro benzene ring substituents is 1. The number of carbonyl (C=O) groups excluding carboxylic acids is 1. The van der Waals surface area contributed by atoms with Crippen molar-refractivity contribution in [1.29, 1.82) is 0 Å². The zero-order chi connectivity index (χ0) is 23.3. The molecule has 2 aromatic rings. The highest BCUT2D eigenvalue weighted by Gasteiger charge is 2.39. The fraction of sp³-hybridized carbons (Fsp3) is 0.409. The van der Waals surface area contributed by atoms with Crippen molar-refractivity contribution in [3.63, 3.8) is 0 Å². The lowest BCUT2D eigenvalue weighted by molar-refractivity contribution is -0.384. The molecule has 0 spiro atoms. The second kappa shape index (κ2) is 10.2. The Morgan fingerprint density at radius 1 is 1.12 bits per heavy atom. The van der Waals surface area contributed by atoms with Crippen LogP contribution in [0.2, 0.25) is 0 Å². The van der Waals surface area contributed by atoms with Crippen molar-refractivity contribution < 1.29 is 22.9 Å². The summed E-state index contributed by atoms with van der Waals surface area (Å²) in [5, 5.41) is 10.9. The van der Waals surface area contributed by atoms with Gasteiger partial charge in [0.25, 0.3) is 5.69 Å². The molecule has 0 radical (unpaired) electrons. The Kier molecular flexibility index (Phi) is 7.60. The second-order valence-electron chi connectivity index (χ2n) is 7.74. The highest BCUT2D eigenvalue weighted by Crippen LogP contribution is 2.27. The third kappa shape index (κ3) is 5.50. The van der Waals surface area contributed by atoms with Crippen molar-refractivity contribution in [1.82, 2.24) is 9.21 Å². The Bertz CT molecular complexity index is 1040. The normalized spacial score (nSPS) is 20.1. The number of ether oxygens (including phenoxy) is 1. The van der Waals surface area contributed by atoms with Crippen LogP contribution >= 0.6 is 0 Å². The van der Waals surface area contributed by atoms with Crippen LogP contribution in [0.1, 0.15) is 25.8 Å². The number of esters is 1. The van der Waals surface area contributed by atoms with E-state index in [0.717, 1.165) is 5.56 Å². The van der Waals surface area contributed by atoms with Gasteiger partial charge in [-0.1, -0.05) is 30.3 Å². The molecule has 0 aliphatic carbocycles. The molecule has 3 rings (SSSR count). The van der Waals surface area contributed by atoms with E-state index in [-0.39, 0.29) is 54.8 Å². The molecule has 1 fully saturated rings. The second-order valence-corrected chi connectivity index (χ2v) is 9.68. The van der Waals surface area contributed by atoms with Crippen molar-refractivity contribution in [2.75, 3.05) is 19.7 Å². The van der Waals surface area contributed by atoms with Gasteiger partial charge in [-0.2, -0.15) is 4.31 Å². The molecule has 1 heterocycles. The van der Waals surface area contributed by atoms with E-state index in [0.29, 0.717) is 6.54 Å². The zero-order valence-corrected chi connectivity index (χ0v) is 18.9. The Hall–Kier alpha value is -2.82. The van der Waals surface area contributed by atoms with E-state index < -0.39 is 14.9 Å². The Labute approximate surface area is 187 Å². The van der Waals surface area contributed by atoms with Gasteiger partial charge < -0.3 is 4.74 Å². The minimum absolute atomic E-state index is 0.0123. The van der Waals surface area contributed by atoms with E-state index >= 15 is 0 Å². The average Bonchev–Trinajstić information content (AvgIpc) is 2.76. The summed E-state index contributed by atoms with van der Waals surface area (Å²) >= 11 is 0. The van der Waals surface area contributed by atoms with Crippen molar-refractivity contribution in [3.05, 3.63) is 70.3 Å². The minimum atomic E-state index is -3.88. The average molecular weight is 462 g/mol. The molecule has 0 unspecified atom stereocenters. The maximum Gasteiger partial charge on any atom is 0.307 e. The van der Waals surface area contributed by atoms with E-state index in [1.165, 1.54) is 28.6 Å². The van der Waals surface area contributed by atoms with Crippen LogP contribution < -0.4 is 0 Å². The summed E-state index contributed by atoms with van der Waals surface area (Å²) in [7, 11) is -3.88. The van der Waals surface area contributed by atoms with Crippen LogP contribution in [-0.2, 0) is 26.1 Å². The fourth-order valence-electron chi connectivity index (χ4n) is 3.93. The molecule has 0 N–H and O–H groups in total. The SMILES string of the molecule is CCOC(=O)C[C@@H]1CN(S(=O)(=O)c2ccc([N+](=O)[O-])cc2)C[C@@H](C)N1Cc1ccccc1. The first-order valence-electron chi connectivity index (χ1n) is 10.4. The van der Waals surface area contributed by atoms with Crippen LogP contribution in [0.4, 0.5) is 5.69 Å². The van der Waals surface area contributed by atoms with Crippen LogP contribution in [0, 0.1) is 10.1 Å². The molecule has 172 valence electrons. The highest BCUT2D eigenvalue weighted by molar-refractivity contribution is 7.89. The molecule has 1 aliphatic rings. The highest BCUT2D eigenvalue weighted by atomic mass is 32.2. The number of rotatable bonds is 8. The molecular formula is C22H27N3O6S. The predicted molar refractivity (Wildman–Crippen MR) is 118 cm³/mol. The number of nitrogens with zero attached hydrogens (tertiary/aromatic N) is 3. The molecule has 32 heavy (non-hydrogen) atoms. The van der Waals surface area contributed by atoms with E-state index in [1.807, 2.05) is 37.3 Å². The van der Waals surface area contributed by atoms with Gasteiger partial charge in [0.2, 0.25) is 10.0 Å². The van der Waals surface area contributed by atoms with Gasteiger partial charge in [0.05, 0.1) is 22.8 Å². The first-order chi connectivity index (χ1) is 15.2. The van der Waals surface area contributed by atoms with Crippen molar-refractivity contribution in [2.24, 2.45) is 0 Å². The Morgan fingerprint density at radius 3 is 2.38 bits per heavy atom. The summed E-state index contributed by atoms with van der Waals surface area (Å²) in [6.45, 7) is 4.86. The van der Waals surface area contributed by atoms with Crippen LogP contribution in [0.5, 0.6) is 0 Å². The largest absolute Gasteiger partial charge is 0.466 e. The summed E-state index contributed by atoms with van der Waals surface area (Å²) in [5.74, 6) is -0.377. The molecule has 0 amide bonds. The maximum atomic E-state index is 13.3. The van der Waals surface area contributed by atoms with Gasteiger partial charge in [-0.15, -0.1) is 0 Å². The van der Waals surface area contributed by atoms with Gasteiger partial charge in [0.1, 0.15) is 0 Å². The van der Waals surface area contributed by atoms with Gasteiger partial charge in [0.15, 0.2) is 0 Å². The van der Waals surface area contributed by atoms with Gasteiger partial charge >= 0.3 is 5.97 Å². The smallest absolute Gasteiger partial charge is 0.307 e. The molecule has 9 nitrogen and oxygen atoms in total. The van der Waals surface area contributed by atoms with Gasteiger partial charge in [-0.25, -0.2) is 8.42 Å². The van der Waals surface area contributed by atoms with Gasteiger partial charge in [-0.05, 0) is 31.5 Å². The number of hydrogen-bond donors (Lipinski definition) is 0. The third-order valence-corrected chi connectivity index (χ3v) is 7.36. The Morgan fingerprint density at radius 2 is 1.78 bits per heavy atom.